The minimum atomic E-state index is -3.80. The number of carbonyl (C=O) groups is 3. The normalized spacial score (nSPS) is 14.6. The fourth-order valence-corrected chi connectivity index (χ4v) is 5.80. The average molecular weight is 677 g/mol. The SMILES string of the molecule is CC(C)OC(=O)[C@H](C)NP(=O)(CO[C@H](C)Cn1cnc2c(N(C(=O)OC(C)(C)C)C(=O)OC(C)(C)C)ncnc21)Oc1ccccc1. The summed E-state index contributed by atoms with van der Waals surface area (Å²) in [5.74, 6) is -0.386. The summed E-state index contributed by atoms with van der Waals surface area (Å²) in [6.07, 6.45) is -0.671. The molecule has 3 aromatic rings. The number of imide groups is 1. The Balaban J connectivity index is 1.84. The second-order valence-corrected chi connectivity index (χ2v) is 15.1. The number of ether oxygens (including phenoxy) is 4. The van der Waals surface area contributed by atoms with E-state index in [4.69, 9.17) is 23.5 Å². The molecule has 0 aliphatic heterocycles. The molecule has 2 heterocycles. The molecule has 15 nitrogen and oxygen atoms in total. The van der Waals surface area contributed by atoms with Gasteiger partial charge in [0.15, 0.2) is 17.0 Å². The number of aromatic nitrogens is 4. The first-order valence-corrected chi connectivity index (χ1v) is 16.9. The van der Waals surface area contributed by atoms with Gasteiger partial charge in [0, 0.05) is 0 Å². The van der Waals surface area contributed by atoms with Crippen LogP contribution in [0.4, 0.5) is 15.4 Å². The van der Waals surface area contributed by atoms with Crippen LogP contribution in [0.25, 0.3) is 11.2 Å². The molecule has 0 saturated heterocycles. The van der Waals surface area contributed by atoms with Crippen LogP contribution < -0.4 is 14.5 Å². The zero-order valence-electron chi connectivity index (χ0n) is 28.5. The van der Waals surface area contributed by atoms with Crippen molar-refractivity contribution in [3.63, 3.8) is 0 Å². The summed E-state index contributed by atoms with van der Waals surface area (Å²) < 4.78 is 43.6. The molecule has 3 atom stereocenters. The van der Waals surface area contributed by atoms with Gasteiger partial charge in [0.05, 0.1) is 25.1 Å². The number of hydrogen-bond donors (Lipinski definition) is 1. The number of carbonyl (C=O) groups excluding carboxylic acids is 3. The summed E-state index contributed by atoms with van der Waals surface area (Å²) in [4.78, 5) is 52.4. The third kappa shape index (κ3) is 11.3. The summed E-state index contributed by atoms with van der Waals surface area (Å²) in [6.45, 7) is 16.9. The van der Waals surface area contributed by atoms with Crippen LogP contribution in [0.1, 0.15) is 69.2 Å². The van der Waals surface area contributed by atoms with Gasteiger partial charge in [0.1, 0.15) is 35.7 Å². The number of benzene rings is 1. The molecule has 2 aromatic heterocycles. The molecular formula is C31H45N6O9P. The van der Waals surface area contributed by atoms with E-state index in [2.05, 4.69) is 20.0 Å². The zero-order valence-corrected chi connectivity index (χ0v) is 29.4. The van der Waals surface area contributed by atoms with Crippen molar-refractivity contribution < 1.29 is 42.4 Å². The van der Waals surface area contributed by atoms with Gasteiger partial charge in [-0.1, -0.05) is 18.2 Å². The monoisotopic (exact) mass is 676 g/mol. The van der Waals surface area contributed by atoms with Crippen LogP contribution in [0.3, 0.4) is 0 Å². The highest BCUT2D eigenvalue weighted by atomic mass is 31.2. The lowest BCUT2D eigenvalue weighted by Gasteiger charge is -2.28. The highest BCUT2D eigenvalue weighted by molar-refractivity contribution is 7.57. The van der Waals surface area contributed by atoms with E-state index in [1.165, 1.54) is 19.6 Å². The molecule has 0 aliphatic rings. The Morgan fingerprint density at radius 1 is 0.915 bits per heavy atom. The maximum absolute atomic E-state index is 13.9. The lowest BCUT2D eigenvalue weighted by atomic mass is 10.2. The Labute approximate surface area is 274 Å². The highest BCUT2D eigenvalue weighted by Crippen LogP contribution is 2.44. The van der Waals surface area contributed by atoms with Crippen molar-refractivity contribution in [1.82, 2.24) is 24.6 Å². The van der Waals surface area contributed by atoms with Crippen molar-refractivity contribution in [2.45, 2.75) is 105 Å². The van der Waals surface area contributed by atoms with E-state index in [0.29, 0.717) is 10.6 Å². The van der Waals surface area contributed by atoms with Crippen LogP contribution in [0.15, 0.2) is 43.0 Å². The van der Waals surface area contributed by atoms with Gasteiger partial charge in [-0.2, -0.15) is 4.90 Å². The van der Waals surface area contributed by atoms with E-state index in [0.717, 1.165) is 0 Å². The van der Waals surface area contributed by atoms with E-state index in [9.17, 15) is 18.9 Å². The third-order valence-electron chi connectivity index (χ3n) is 5.82. The molecule has 47 heavy (non-hydrogen) atoms. The van der Waals surface area contributed by atoms with E-state index in [1.807, 2.05) is 0 Å². The first kappa shape index (κ1) is 37.4. The van der Waals surface area contributed by atoms with Crippen molar-refractivity contribution >= 4 is 42.7 Å². The molecule has 1 aromatic carbocycles. The minimum absolute atomic E-state index is 0.127. The Morgan fingerprint density at radius 3 is 2.06 bits per heavy atom. The third-order valence-corrected chi connectivity index (χ3v) is 7.60. The van der Waals surface area contributed by atoms with Gasteiger partial charge in [-0.05, 0) is 81.4 Å². The molecule has 0 aliphatic carbocycles. The van der Waals surface area contributed by atoms with Gasteiger partial charge in [-0.3, -0.25) is 9.36 Å². The largest absolute Gasteiger partial charge is 0.462 e. The number of fused-ring (bicyclic) bond motifs is 1. The summed E-state index contributed by atoms with van der Waals surface area (Å²) in [5, 5.41) is 2.76. The molecule has 0 bridgehead atoms. The van der Waals surface area contributed by atoms with Crippen LogP contribution in [0.2, 0.25) is 0 Å². The van der Waals surface area contributed by atoms with Crippen molar-refractivity contribution in [2.75, 3.05) is 11.2 Å². The van der Waals surface area contributed by atoms with E-state index >= 15 is 0 Å². The van der Waals surface area contributed by atoms with Crippen LogP contribution in [-0.2, 0) is 34.9 Å². The number of esters is 1. The lowest BCUT2D eigenvalue weighted by Crippen LogP contribution is -2.44. The molecule has 2 amide bonds. The van der Waals surface area contributed by atoms with E-state index < -0.39 is 49.0 Å². The van der Waals surface area contributed by atoms with E-state index in [-0.39, 0.29) is 36.0 Å². The number of para-hydroxylation sites is 1. The molecule has 16 heteroatoms. The Hall–Kier alpha value is -4.07. The molecule has 1 unspecified atom stereocenters. The maximum Gasteiger partial charge on any atom is 0.425 e. The molecule has 0 saturated carbocycles. The first-order valence-electron chi connectivity index (χ1n) is 15.1. The van der Waals surface area contributed by atoms with Crippen LogP contribution >= 0.6 is 7.52 Å². The van der Waals surface area contributed by atoms with Gasteiger partial charge >= 0.3 is 25.7 Å². The van der Waals surface area contributed by atoms with Crippen molar-refractivity contribution in [3.05, 3.63) is 43.0 Å². The number of imidazole rings is 1. The first-order chi connectivity index (χ1) is 21.8. The number of rotatable bonds is 12. The van der Waals surface area contributed by atoms with Gasteiger partial charge in [-0.15, -0.1) is 0 Å². The van der Waals surface area contributed by atoms with Crippen LogP contribution in [0, 0.1) is 0 Å². The fraction of sp³-hybridized carbons (Fsp3) is 0.548. The fourth-order valence-electron chi connectivity index (χ4n) is 4.01. The second-order valence-electron chi connectivity index (χ2n) is 13.1. The molecule has 0 radical (unpaired) electrons. The quantitative estimate of drug-likeness (QED) is 0.133. The van der Waals surface area contributed by atoms with Crippen molar-refractivity contribution in [3.8, 4) is 5.75 Å². The van der Waals surface area contributed by atoms with Gasteiger partial charge in [0.2, 0.25) is 0 Å². The Bertz CT molecular complexity index is 1560. The van der Waals surface area contributed by atoms with E-state index in [1.54, 1.807) is 97.2 Å². The molecule has 0 spiro atoms. The van der Waals surface area contributed by atoms with Gasteiger partial charge < -0.3 is 28.0 Å². The van der Waals surface area contributed by atoms with Crippen LogP contribution in [-0.4, -0.2) is 73.5 Å². The molecule has 0 fully saturated rings. The molecule has 258 valence electrons. The molecule has 3 rings (SSSR count). The number of nitrogens with one attached hydrogen (secondary N) is 1. The van der Waals surface area contributed by atoms with Crippen LogP contribution in [0.5, 0.6) is 5.75 Å². The van der Waals surface area contributed by atoms with Crippen molar-refractivity contribution in [1.29, 1.82) is 0 Å². The summed E-state index contributed by atoms with van der Waals surface area (Å²) in [6, 6.07) is 7.58. The zero-order chi connectivity index (χ0) is 35.2. The summed E-state index contributed by atoms with van der Waals surface area (Å²) in [7, 11) is -3.80. The number of anilines is 1. The minimum Gasteiger partial charge on any atom is -0.462 e. The summed E-state index contributed by atoms with van der Waals surface area (Å²) >= 11 is 0. The topological polar surface area (TPSA) is 173 Å². The predicted octanol–water partition coefficient (Wildman–Crippen LogP) is 6.07. The number of hydrogen-bond acceptors (Lipinski definition) is 12. The number of nitrogens with zero attached hydrogens (tertiary/aromatic N) is 5. The van der Waals surface area contributed by atoms with Gasteiger partial charge in [-0.25, -0.2) is 29.6 Å². The second kappa shape index (κ2) is 15.2. The van der Waals surface area contributed by atoms with Crippen molar-refractivity contribution in [2.24, 2.45) is 0 Å². The Morgan fingerprint density at radius 2 is 1.51 bits per heavy atom. The molecular weight excluding hydrogens is 631 g/mol. The van der Waals surface area contributed by atoms with Gasteiger partial charge in [0.25, 0.3) is 0 Å². The smallest absolute Gasteiger partial charge is 0.425 e. The number of amides is 2. The maximum atomic E-state index is 13.9. The highest BCUT2D eigenvalue weighted by Gasteiger charge is 2.36. The lowest BCUT2D eigenvalue weighted by molar-refractivity contribution is -0.149. The predicted molar refractivity (Wildman–Crippen MR) is 174 cm³/mol. The molecule has 1 N–H and O–H groups in total. The average Bonchev–Trinajstić information content (AvgIpc) is 3.33. The standard InChI is InChI=1S/C31H45N6O9P/c1-20(2)43-27(38)22(4)35-47(41,46-23-14-12-11-13-15-23)19-42-21(3)16-36-18-34-24-25(36)32-17-33-26(24)37(28(39)44-30(5,6)7)29(40)45-31(8,9)10/h11-15,17-18,20-22H,16,19H2,1-10H3,(H,35,41)/t21-,22+,47?/m1/s1. The Kier molecular flexibility index (Phi) is 12.1. The summed E-state index contributed by atoms with van der Waals surface area (Å²) in [5.41, 5.74) is -1.41.